The third-order valence-corrected chi connectivity index (χ3v) is 4.56. The Hall–Kier alpha value is -2.62. The molecule has 1 atom stereocenters. The van der Waals surface area contributed by atoms with Gasteiger partial charge in [-0.15, -0.1) is 0 Å². The summed E-state index contributed by atoms with van der Waals surface area (Å²) in [6.45, 7) is 8.33. The lowest BCUT2D eigenvalue weighted by atomic mass is 10.0. The van der Waals surface area contributed by atoms with Crippen LogP contribution in [0.5, 0.6) is 0 Å². The van der Waals surface area contributed by atoms with Gasteiger partial charge in [0.15, 0.2) is 0 Å². The second-order valence-corrected chi connectivity index (χ2v) is 6.22. The highest BCUT2D eigenvalue weighted by Gasteiger charge is 2.17. The number of aromatic nitrogens is 2. The van der Waals surface area contributed by atoms with Gasteiger partial charge in [-0.25, -0.2) is 4.98 Å². The number of ether oxygens (including phenoxy) is 1. The van der Waals surface area contributed by atoms with Crippen LogP contribution < -0.4 is 0 Å². The monoisotopic (exact) mass is 336 g/mol. The van der Waals surface area contributed by atoms with Crippen LogP contribution in [0.25, 0.3) is 16.7 Å². The van der Waals surface area contributed by atoms with E-state index in [-0.39, 0.29) is 11.9 Å². The molecular formula is C21H24N2O2. The highest BCUT2D eigenvalue weighted by molar-refractivity contribution is 5.82. The Morgan fingerprint density at radius 2 is 1.88 bits per heavy atom. The normalized spacial score (nSPS) is 12.3. The Labute approximate surface area is 148 Å². The average Bonchev–Trinajstić information content (AvgIpc) is 3.01. The molecule has 2 aromatic carbocycles. The van der Waals surface area contributed by atoms with Gasteiger partial charge in [-0.05, 0) is 50.1 Å². The van der Waals surface area contributed by atoms with E-state index in [1.165, 1.54) is 5.56 Å². The molecule has 0 aliphatic carbocycles. The topological polar surface area (TPSA) is 44.1 Å². The van der Waals surface area contributed by atoms with E-state index >= 15 is 0 Å². The third-order valence-electron chi connectivity index (χ3n) is 4.56. The second-order valence-electron chi connectivity index (χ2n) is 6.22. The molecule has 3 aromatic rings. The number of hydrogen-bond acceptors (Lipinski definition) is 3. The van der Waals surface area contributed by atoms with E-state index in [1.807, 2.05) is 32.0 Å². The zero-order valence-electron chi connectivity index (χ0n) is 15.2. The number of benzene rings is 2. The van der Waals surface area contributed by atoms with E-state index in [4.69, 9.17) is 9.72 Å². The maximum Gasteiger partial charge on any atom is 0.313 e. The highest BCUT2D eigenvalue weighted by atomic mass is 16.5. The summed E-state index contributed by atoms with van der Waals surface area (Å²) in [7, 11) is 0. The Morgan fingerprint density at radius 1 is 1.16 bits per heavy atom. The van der Waals surface area contributed by atoms with E-state index < -0.39 is 0 Å². The molecule has 0 amide bonds. The molecule has 130 valence electrons. The first-order valence-electron chi connectivity index (χ1n) is 8.80. The van der Waals surface area contributed by atoms with Crippen LogP contribution in [0.3, 0.4) is 0 Å². The van der Waals surface area contributed by atoms with Crippen molar-refractivity contribution < 1.29 is 9.53 Å². The van der Waals surface area contributed by atoms with Crippen LogP contribution in [0.15, 0.2) is 42.5 Å². The van der Waals surface area contributed by atoms with Crippen molar-refractivity contribution in [1.29, 1.82) is 0 Å². The summed E-state index contributed by atoms with van der Waals surface area (Å²) < 4.78 is 7.33. The minimum Gasteiger partial charge on any atom is -0.466 e. The molecule has 0 spiro atoms. The van der Waals surface area contributed by atoms with Gasteiger partial charge >= 0.3 is 5.97 Å². The number of imidazole rings is 1. The minimum absolute atomic E-state index is 0.187. The molecule has 1 unspecified atom stereocenters. The van der Waals surface area contributed by atoms with Gasteiger partial charge in [0, 0.05) is 12.1 Å². The first-order chi connectivity index (χ1) is 12.1. The van der Waals surface area contributed by atoms with E-state index in [1.54, 1.807) is 0 Å². The van der Waals surface area contributed by atoms with Gasteiger partial charge in [0.05, 0.1) is 23.6 Å². The van der Waals surface area contributed by atoms with Crippen LogP contribution in [0.2, 0.25) is 0 Å². The Kier molecular flexibility index (Phi) is 4.88. The number of aryl methyl sites for hydroxylation is 2. The fourth-order valence-electron chi connectivity index (χ4n) is 3.17. The molecule has 0 saturated carbocycles. The van der Waals surface area contributed by atoms with Gasteiger partial charge in [0.1, 0.15) is 5.82 Å². The molecule has 0 fully saturated rings. The Balaban J connectivity index is 2.03. The molecule has 0 saturated heterocycles. The first kappa shape index (κ1) is 17.2. The number of carbonyl (C=O) groups excluding carboxylic acids is 1. The number of fused-ring (bicyclic) bond motifs is 1. The van der Waals surface area contributed by atoms with E-state index in [2.05, 4.69) is 42.7 Å². The minimum atomic E-state index is -0.263. The lowest BCUT2D eigenvalue weighted by molar-refractivity contribution is -0.144. The molecule has 0 aliphatic rings. The number of rotatable bonds is 5. The van der Waals surface area contributed by atoms with Crippen LogP contribution >= 0.6 is 0 Å². The Morgan fingerprint density at radius 3 is 2.52 bits per heavy atom. The Bertz CT molecular complexity index is 894. The largest absolute Gasteiger partial charge is 0.466 e. The van der Waals surface area contributed by atoms with Crippen molar-refractivity contribution in [2.45, 2.75) is 40.0 Å². The molecule has 0 bridgehead atoms. The van der Waals surface area contributed by atoms with Gasteiger partial charge < -0.3 is 4.74 Å². The summed E-state index contributed by atoms with van der Waals surface area (Å²) >= 11 is 0. The van der Waals surface area contributed by atoms with Crippen molar-refractivity contribution in [3.05, 3.63) is 59.4 Å². The zero-order chi connectivity index (χ0) is 18.0. The lowest BCUT2D eigenvalue weighted by Crippen LogP contribution is -2.13. The van der Waals surface area contributed by atoms with Crippen LogP contribution in [0.1, 0.15) is 43.6 Å². The predicted molar refractivity (Wildman–Crippen MR) is 100 cm³/mol. The maximum absolute atomic E-state index is 11.9. The number of para-hydroxylation sites is 1. The van der Waals surface area contributed by atoms with Crippen LogP contribution in [0, 0.1) is 6.92 Å². The van der Waals surface area contributed by atoms with Crippen molar-refractivity contribution in [3.63, 3.8) is 0 Å². The number of nitrogens with zero attached hydrogens (tertiary/aromatic N) is 2. The van der Waals surface area contributed by atoms with Crippen LogP contribution in [0.4, 0.5) is 0 Å². The van der Waals surface area contributed by atoms with E-state index in [0.717, 1.165) is 34.5 Å². The fourth-order valence-corrected chi connectivity index (χ4v) is 3.17. The summed E-state index contributed by atoms with van der Waals surface area (Å²) in [5, 5.41) is 0. The van der Waals surface area contributed by atoms with Gasteiger partial charge in [-0.2, -0.15) is 0 Å². The van der Waals surface area contributed by atoms with Crippen molar-refractivity contribution in [2.24, 2.45) is 0 Å². The third kappa shape index (κ3) is 3.16. The van der Waals surface area contributed by atoms with Gasteiger partial charge in [0.25, 0.3) is 0 Å². The van der Waals surface area contributed by atoms with Crippen molar-refractivity contribution in [3.8, 4) is 5.69 Å². The summed E-state index contributed by atoms with van der Waals surface area (Å²) in [6.07, 6.45) is 0.856. The zero-order valence-corrected chi connectivity index (χ0v) is 15.2. The van der Waals surface area contributed by atoms with E-state index in [9.17, 15) is 4.79 Å². The summed E-state index contributed by atoms with van der Waals surface area (Å²) in [5.74, 6) is 0.588. The fraction of sp³-hybridized carbons (Fsp3) is 0.333. The van der Waals surface area contributed by atoms with Crippen molar-refractivity contribution in [2.75, 3.05) is 6.61 Å². The molecule has 0 N–H and O–H groups in total. The highest BCUT2D eigenvalue weighted by Crippen LogP contribution is 2.26. The average molecular weight is 336 g/mol. The number of carbonyl (C=O) groups is 1. The molecular weight excluding hydrogens is 312 g/mol. The summed E-state index contributed by atoms with van der Waals surface area (Å²) in [4.78, 5) is 16.7. The number of hydrogen-bond donors (Lipinski definition) is 0. The van der Waals surface area contributed by atoms with Gasteiger partial charge in [-0.3, -0.25) is 9.36 Å². The standard InChI is InChI=1S/C21H24N2O2/c1-5-19-22-18-9-7-8-14(3)20(18)23(19)17-12-10-16(11-13-17)15(4)21(24)25-6-2/h7-13,15H,5-6H2,1-4H3. The van der Waals surface area contributed by atoms with Gasteiger partial charge in [-0.1, -0.05) is 31.2 Å². The van der Waals surface area contributed by atoms with Gasteiger partial charge in [0.2, 0.25) is 0 Å². The molecule has 1 heterocycles. The SMILES string of the molecule is CCOC(=O)C(C)c1ccc(-n2c(CC)nc3cccc(C)c32)cc1. The van der Waals surface area contributed by atoms with Crippen LogP contribution in [-0.4, -0.2) is 22.1 Å². The van der Waals surface area contributed by atoms with Crippen molar-refractivity contribution >= 4 is 17.0 Å². The molecule has 4 nitrogen and oxygen atoms in total. The molecule has 0 radical (unpaired) electrons. The van der Waals surface area contributed by atoms with Crippen molar-refractivity contribution in [1.82, 2.24) is 9.55 Å². The number of esters is 1. The first-order valence-corrected chi connectivity index (χ1v) is 8.80. The quantitative estimate of drug-likeness (QED) is 0.641. The lowest BCUT2D eigenvalue weighted by Gasteiger charge is -2.13. The molecule has 0 aliphatic heterocycles. The molecule has 4 heteroatoms. The van der Waals surface area contributed by atoms with Crippen LogP contribution in [-0.2, 0) is 16.0 Å². The maximum atomic E-state index is 11.9. The summed E-state index contributed by atoms with van der Waals surface area (Å²) in [6, 6.07) is 14.3. The molecule has 1 aromatic heterocycles. The second kappa shape index (κ2) is 7.09. The smallest absolute Gasteiger partial charge is 0.313 e. The van der Waals surface area contributed by atoms with E-state index in [0.29, 0.717) is 6.61 Å². The molecule has 3 rings (SSSR count). The summed E-state index contributed by atoms with van der Waals surface area (Å²) in [5.41, 5.74) is 5.38. The predicted octanol–water partition coefficient (Wildman–Crippen LogP) is 4.56. The molecule has 25 heavy (non-hydrogen) atoms.